The number of ether oxygens (including phenoxy) is 1. The molecule has 1 saturated heterocycles. The van der Waals surface area contributed by atoms with Gasteiger partial charge in [-0.25, -0.2) is 4.79 Å². The quantitative estimate of drug-likeness (QED) is 0.600. The molecule has 0 bridgehead atoms. The van der Waals surface area contributed by atoms with Crippen LogP contribution < -0.4 is 5.32 Å². The topological polar surface area (TPSA) is 61.9 Å². The average Bonchev–Trinajstić information content (AvgIpc) is 2.90. The summed E-state index contributed by atoms with van der Waals surface area (Å²) < 4.78 is 5.19. The Morgan fingerprint density at radius 1 is 1.27 bits per heavy atom. The van der Waals surface area contributed by atoms with Crippen molar-refractivity contribution in [1.29, 1.82) is 0 Å². The van der Waals surface area contributed by atoms with Crippen molar-refractivity contribution in [3.05, 3.63) is 35.9 Å². The molecule has 1 saturated carbocycles. The van der Waals surface area contributed by atoms with Crippen LogP contribution in [-0.4, -0.2) is 61.1 Å². The predicted molar refractivity (Wildman–Crippen MR) is 99.7 cm³/mol. The first kappa shape index (κ1) is 18.7. The van der Waals surface area contributed by atoms with Crippen molar-refractivity contribution in [2.75, 3.05) is 33.8 Å². The van der Waals surface area contributed by atoms with Gasteiger partial charge in [0.1, 0.15) is 6.54 Å². The Hall–Kier alpha value is -2.08. The molecule has 2 amide bonds. The number of nitrogens with zero attached hydrogens (tertiary/aromatic N) is 2. The Morgan fingerprint density at radius 2 is 1.96 bits per heavy atom. The van der Waals surface area contributed by atoms with Crippen molar-refractivity contribution in [1.82, 2.24) is 15.1 Å². The molecule has 6 heteroatoms. The molecule has 1 N–H and O–H groups in total. The third-order valence-corrected chi connectivity index (χ3v) is 5.66. The zero-order valence-electron chi connectivity index (χ0n) is 16.0. The van der Waals surface area contributed by atoms with Gasteiger partial charge in [-0.15, -0.1) is 0 Å². The zero-order valence-corrected chi connectivity index (χ0v) is 16.0. The third kappa shape index (κ3) is 3.43. The van der Waals surface area contributed by atoms with Gasteiger partial charge in [-0.1, -0.05) is 43.7 Å². The fourth-order valence-corrected chi connectivity index (χ4v) is 4.24. The van der Waals surface area contributed by atoms with Crippen LogP contribution in [0.3, 0.4) is 0 Å². The Morgan fingerprint density at radius 3 is 2.58 bits per heavy atom. The van der Waals surface area contributed by atoms with Crippen LogP contribution in [0.2, 0.25) is 0 Å². The van der Waals surface area contributed by atoms with E-state index in [4.69, 9.17) is 4.74 Å². The number of nitrogens with one attached hydrogen (secondary N) is 1. The molecule has 3 rings (SSSR count). The van der Waals surface area contributed by atoms with Gasteiger partial charge in [0.25, 0.3) is 0 Å². The number of rotatable bonds is 7. The van der Waals surface area contributed by atoms with Gasteiger partial charge in [0.2, 0.25) is 0 Å². The summed E-state index contributed by atoms with van der Waals surface area (Å²) in [5.41, 5.74) is 0.926. The molecule has 1 spiro atoms. The zero-order chi connectivity index (χ0) is 18.8. The Labute approximate surface area is 155 Å². The standard InChI is InChI=1S/C20H29N3O3/c1-4-5-11-26-17(24)12-23-15-19(21-18(23)25)13-20(14-19,22(2)3)16-9-7-6-8-10-16/h6-10H,4-5,11-15H2,1-3H3,(H,21,25)/t19-,20-. The molecule has 0 radical (unpaired) electrons. The maximum atomic E-state index is 12.4. The average molecular weight is 359 g/mol. The maximum absolute atomic E-state index is 12.4. The molecule has 1 aromatic rings. The predicted octanol–water partition coefficient (Wildman–Crippen LogP) is 2.34. The number of carbonyl (C=O) groups excluding carboxylic acids is 2. The van der Waals surface area contributed by atoms with Gasteiger partial charge in [0.05, 0.1) is 17.7 Å². The van der Waals surface area contributed by atoms with Crippen molar-refractivity contribution in [2.24, 2.45) is 0 Å². The Balaban J connectivity index is 1.63. The lowest BCUT2D eigenvalue weighted by atomic mass is 9.59. The summed E-state index contributed by atoms with van der Waals surface area (Å²) in [6, 6.07) is 10.2. The molecule has 142 valence electrons. The molecule has 0 unspecified atom stereocenters. The fourth-order valence-electron chi connectivity index (χ4n) is 4.24. The molecule has 2 aliphatic rings. The number of esters is 1. The maximum Gasteiger partial charge on any atom is 0.325 e. The summed E-state index contributed by atoms with van der Waals surface area (Å²) in [7, 11) is 4.17. The van der Waals surface area contributed by atoms with E-state index in [9.17, 15) is 9.59 Å². The summed E-state index contributed by atoms with van der Waals surface area (Å²) in [5, 5.41) is 3.12. The van der Waals surface area contributed by atoms with Crippen LogP contribution in [0.25, 0.3) is 0 Å². The first-order chi connectivity index (χ1) is 12.4. The molecule has 26 heavy (non-hydrogen) atoms. The fraction of sp³-hybridized carbons (Fsp3) is 0.600. The van der Waals surface area contributed by atoms with Gasteiger partial charge in [-0.2, -0.15) is 0 Å². The molecule has 1 aliphatic carbocycles. The number of carbonyl (C=O) groups is 2. The molecule has 6 nitrogen and oxygen atoms in total. The minimum atomic E-state index is -0.327. The summed E-state index contributed by atoms with van der Waals surface area (Å²) in [5.74, 6) is -0.327. The van der Waals surface area contributed by atoms with Gasteiger partial charge in [0, 0.05) is 6.54 Å². The van der Waals surface area contributed by atoms with Crippen molar-refractivity contribution in [3.8, 4) is 0 Å². The molecule has 1 heterocycles. The van der Waals surface area contributed by atoms with Crippen LogP contribution in [0.1, 0.15) is 38.2 Å². The molecular formula is C20H29N3O3. The lowest BCUT2D eigenvalue weighted by Crippen LogP contribution is -2.66. The number of urea groups is 1. The van der Waals surface area contributed by atoms with E-state index in [1.807, 2.05) is 13.0 Å². The largest absolute Gasteiger partial charge is 0.464 e. The van der Waals surface area contributed by atoms with Gasteiger partial charge in [0.15, 0.2) is 0 Å². The second-order valence-corrected chi connectivity index (χ2v) is 7.79. The van der Waals surface area contributed by atoms with Crippen LogP contribution in [0, 0.1) is 0 Å². The summed E-state index contributed by atoms with van der Waals surface area (Å²) >= 11 is 0. The SMILES string of the molecule is CCCCOC(=O)CN1C[C@]2(C[C@@](c3ccccc3)(N(C)C)C2)NC1=O. The second kappa shape index (κ2) is 7.27. The highest BCUT2D eigenvalue weighted by Crippen LogP contribution is 2.53. The highest BCUT2D eigenvalue weighted by Gasteiger charge is 2.61. The lowest BCUT2D eigenvalue weighted by molar-refractivity contribution is -0.144. The minimum Gasteiger partial charge on any atom is -0.464 e. The van der Waals surface area contributed by atoms with E-state index in [0.29, 0.717) is 13.2 Å². The monoisotopic (exact) mass is 359 g/mol. The highest BCUT2D eigenvalue weighted by atomic mass is 16.5. The van der Waals surface area contributed by atoms with E-state index >= 15 is 0 Å². The van der Waals surface area contributed by atoms with Crippen molar-refractivity contribution < 1.29 is 14.3 Å². The molecule has 0 aromatic heterocycles. The number of benzene rings is 1. The van der Waals surface area contributed by atoms with E-state index in [1.165, 1.54) is 5.56 Å². The third-order valence-electron chi connectivity index (χ3n) is 5.66. The first-order valence-electron chi connectivity index (χ1n) is 9.36. The lowest BCUT2D eigenvalue weighted by Gasteiger charge is -2.57. The summed E-state index contributed by atoms with van der Waals surface area (Å²) in [4.78, 5) is 28.1. The van der Waals surface area contributed by atoms with Crippen LogP contribution in [0.15, 0.2) is 30.3 Å². The van der Waals surface area contributed by atoms with Crippen LogP contribution in [0.5, 0.6) is 0 Å². The van der Waals surface area contributed by atoms with E-state index in [2.05, 4.69) is 48.6 Å². The molecule has 2 fully saturated rings. The first-order valence-corrected chi connectivity index (χ1v) is 9.36. The Kier molecular flexibility index (Phi) is 5.23. The summed E-state index contributed by atoms with van der Waals surface area (Å²) in [6.45, 7) is 3.05. The number of hydrogen-bond acceptors (Lipinski definition) is 4. The molecule has 1 aliphatic heterocycles. The van der Waals surface area contributed by atoms with E-state index in [1.54, 1.807) is 4.90 Å². The van der Waals surface area contributed by atoms with Gasteiger partial charge in [-0.05, 0) is 38.9 Å². The van der Waals surface area contributed by atoms with Crippen molar-refractivity contribution >= 4 is 12.0 Å². The highest BCUT2D eigenvalue weighted by molar-refractivity contribution is 5.83. The molecule has 0 atom stereocenters. The van der Waals surface area contributed by atoms with E-state index < -0.39 is 0 Å². The van der Waals surface area contributed by atoms with Crippen LogP contribution >= 0.6 is 0 Å². The van der Waals surface area contributed by atoms with Gasteiger partial charge in [-0.3, -0.25) is 9.69 Å². The number of unbranched alkanes of at least 4 members (excludes halogenated alkanes) is 1. The van der Waals surface area contributed by atoms with Crippen LogP contribution in [0.4, 0.5) is 4.79 Å². The smallest absolute Gasteiger partial charge is 0.325 e. The van der Waals surface area contributed by atoms with Crippen LogP contribution in [-0.2, 0) is 15.1 Å². The normalized spacial score (nSPS) is 27.5. The minimum absolute atomic E-state index is 0.0254. The van der Waals surface area contributed by atoms with Gasteiger partial charge < -0.3 is 15.0 Å². The van der Waals surface area contributed by atoms with Crippen molar-refractivity contribution in [3.63, 3.8) is 0 Å². The second-order valence-electron chi connectivity index (χ2n) is 7.79. The van der Waals surface area contributed by atoms with Crippen molar-refractivity contribution in [2.45, 2.75) is 43.7 Å². The van der Waals surface area contributed by atoms with Gasteiger partial charge >= 0.3 is 12.0 Å². The summed E-state index contributed by atoms with van der Waals surface area (Å²) in [6.07, 6.45) is 3.51. The number of hydrogen-bond donors (Lipinski definition) is 1. The van der Waals surface area contributed by atoms with E-state index in [0.717, 1.165) is 25.7 Å². The molecular weight excluding hydrogens is 330 g/mol. The number of amides is 2. The Bertz CT molecular complexity index is 654. The molecule has 1 aromatic carbocycles. The van der Waals surface area contributed by atoms with E-state index in [-0.39, 0.29) is 29.6 Å².